The standard InChI is InChI=1S/C11H15NOS/c1-13-8-3-4-9(10(7-8)14-2)11(12)5-6-11/h3-4,7H,5-6,12H2,1-2H3. The smallest absolute Gasteiger partial charge is 0.119 e. The van der Waals surface area contributed by atoms with E-state index in [0.29, 0.717) is 0 Å². The predicted molar refractivity (Wildman–Crippen MR) is 59.9 cm³/mol. The van der Waals surface area contributed by atoms with Crippen LogP contribution in [0.25, 0.3) is 0 Å². The Hall–Kier alpha value is -0.670. The van der Waals surface area contributed by atoms with Crippen LogP contribution in [0.2, 0.25) is 0 Å². The van der Waals surface area contributed by atoms with E-state index in [1.54, 1.807) is 18.9 Å². The molecule has 0 aromatic heterocycles. The van der Waals surface area contributed by atoms with Crippen LogP contribution in [0.4, 0.5) is 0 Å². The van der Waals surface area contributed by atoms with Gasteiger partial charge in [-0.05, 0) is 36.8 Å². The van der Waals surface area contributed by atoms with Gasteiger partial charge in [-0.25, -0.2) is 0 Å². The lowest BCUT2D eigenvalue weighted by atomic mass is 10.1. The highest BCUT2D eigenvalue weighted by atomic mass is 32.2. The van der Waals surface area contributed by atoms with E-state index < -0.39 is 0 Å². The Labute approximate surface area is 88.8 Å². The minimum absolute atomic E-state index is 0.0510. The molecular formula is C11H15NOS. The molecule has 0 saturated heterocycles. The van der Waals surface area contributed by atoms with Crippen molar-refractivity contribution < 1.29 is 4.74 Å². The molecule has 1 fully saturated rings. The van der Waals surface area contributed by atoms with Gasteiger partial charge in [0, 0.05) is 10.4 Å². The summed E-state index contributed by atoms with van der Waals surface area (Å²) in [6.07, 6.45) is 4.28. The number of hydrogen-bond donors (Lipinski definition) is 1. The molecule has 3 heteroatoms. The molecule has 1 aromatic rings. The quantitative estimate of drug-likeness (QED) is 0.776. The monoisotopic (exact) mass is 209 g/mol. The van der Waals surface area contributed by atoms with Gasteiger partial charge in [-0.3, -0.25) is 0 Å². The SMILES string of the molecule is COc1ccc(C2(N)CC2)c(SC)c1. The average Bonchev–Trinajstić information content (AvgIpc) is 2.96. The molecule has 2 rings (SSSR count). The van der Waals surface area contributed by atoms with Crippen molar-refractivity contribution in [3.8, 4) is 5.75 Å². The summed E-state index contributed by atoms with van der Waals surface area (Å²) in [6, 6.07) is 6.15. The van der Waals surface area contributed by atoms with Crippen LogP contribution in [0, 0.1) is 0 Å². The summed E-state index contributed by atoms with van der Waals surface area (Å²) in [4.78, 5) is 1.24. The number of rotatable bonds is 3. The second kappa shape index (κ2) is 3.48. The normalized spacial score (nSPS) is 17.9. The first-order valence-corrected chi connectivity index (χ1v) is 5.93. The van der Waals surface area contributed by atoms with Crippen LogP contribution in [-0.2, 0) is 5.54 Å². The van der Waals surface area contributed by atoms with Crippen molar-refractivity contribution in [2.75, 3.05) is 13.4 Å². The fourth-order valence-electron chi connectivity index (χ4n) is 1.61. The van der Waals surface area contributed by atoms with Gasteiger partial charge >= 0.3 is 0 Å². The van der Waals surface area contributed by atoms with Gasteiger partial charge in [-0.15, -0.1) is 11.8 Å². The summed E-state index contributed by atoms with van der Waals surface area (Å²) in [7, 11) is 1.69. The van der Waals surface area contributed by atoms with Gasteiger partial charge < -0.3 is 10.5 Å². The van der Waals surface area contributed by atoms with Crippen LogP contribution in [0.15, 0.2) is 23.1 Å². The number of methoxy groups -OCH3 is 1. The maximum atomic E-state index is 6.18. The number of hydrogen-bond acceptors (Lipinski definition) is 3. The minimum Gasteiger partial charge on any atom is -0.497 e. The van der Waals surface area contributed by atoms with Crippen LogP contribution in [0.1, 0.15) is 18.4 Å². The molecule has 0 amide bonds. The first-order chi connectivity index (χ1) is 6.69. The number of benzene rings is 1. The first-order valence-electron chi connectivity index (χ1n) is 4.71. The van der Waals surface area contributed by atoms with E-state index in [-0.39, 0.29) is 5.54 Å². The molecular weight excluding hydrogens is 194 g/mol. The third kappa shape index (κ3) is 1.62. The highest BCUT2D eigenvalue weighted by Gasteiger charge is 2.41. The summed E-state index contributed by atoms with van der Waals surface area (Å²) in [5.74, 6) is 0.905. The lowest BCUT2D eigenvalue weighted by Gasteiger charge is -2.14. The maximum absolute atomic E-state index is 6.18. The number of ether oxygens (including phenoxy) is 1. The second-order valence-corrected chi connectivity index (χ2v) is 4.57. The molecule has 0 atom stereocenters. The molecule has 14 heavy (non-hydrogen) atoms. The van der Waals surface area contributed by atoms with Crippen molar-refractivity contribution in [2.24, 2.45) is 5.73 Å². The molecule has 0 radical (unpaired) electrons. The lowest BCUT2D eigenvalue weighted by molar-refractivity contribution is 0.413. The molecule has 2 nitrogen and oxygen atoms in total. The predicted octanol–water partition coefficient (Wildman–Crippen LogP) is 2.36. The molecule has 1 aliphatic rings. The molecule has 0 spiro atoms. The number of nitrogens with two attached hydrogens (primary N) is 1. The fraction of sp³-hybridized carbons (Fsp3) is 0.455. The Balaban J connectivity index is 2.40. The van der Waals surface area contributed by atoms with Crippen molar-refractivity contribution >= 4 is 11.8 Å². The van der Waals surface area contributed by atoms with E-state index in [1.807, 2.05) is 6.07 Å². The van der Waals surface area contributed by atoms with E-state index in [1.165, 1.54) is 10.5 Å². The average molecular weight is 209 g/mol. The fourth-order valence-corrected chi connectivity index (χ4v) is 2.34. The van der Waals surface area contributed by atoms with E-state index in [0.717, 1.165) is 18.6 Å². The molecule has 0 aliphatic heterocycles. The summed E-state index contributed by atoms with van der Waals surface area (Å²) in [5.41, 5.74) is 7.40. The van der Waals surface area contributed by atoms with Gasteiger partial charge in [0.15, 0.2) is 0 Å². The third-order valence-corrected chi connectivity index (χ3v) is 3.51. The van der Waals surface area contributed by atoms with Gasteiger partial charge in [0.2, 0.25) is 0 Å². The van der Waals surface area contributed by atoms with E-state index in [2.05, 4.69) is 18.4 Å². The summed E-state index contributed by atoms with van der Waals surface area (Å²) in [5, 5.41) is 0. The highest BCUT2D eigenvalue weighted by Crippen LogP contribution is 2.46. The van der Waals surface area contributed by atoms with Gasteiger partial charge in [-0.1, -0.05) is 6.07 Å². The zero-order valence-corrected chi connectivity index (χ0v) is 9.36. The topological polar surface area (TPSA) is 35.2 Å². The van der Waals surface area contributed by atoms with Gasteiger partial charge in [0.1, 0.15) is 5.75 Å². The van der Waals surface area contributed by atoms with Crippen LogP contribution in [0.3, 0.4) is 0 Å². The Morgan fingerprint density at radius 1 is 1.43 bits per heavy atom. The van der Waals surface area contributed by atoms with Crippen LogP contribution >= 0.6 is 11.8 Å². The van der Waals surface area contributed by atoms with Crippen molar-refractivity contribution in [3.63, 3.8) is 0 Å². The maximum Gasteiger partial charge on any atom is 0.119 e. The van der Waals surface area contributed by atoms with E-state index >= 15 is 0 Å². The van der Waals surface area contributed by atoms with Crippen LogP contribution in [0.5, 0.6) is 5.75 Å². The summed E-state index contributed by atoms with van der Waals surface area (Å²) >= 11 is 1.73. The summed E-state index contributed by atoms with van der Waals surface area (Å²) in [6.45, 7) is 0. The van der Waals surface area contributed by atoms with E-state index in [9.17, 15) is 0 Å². The van der Waals surface area contributed by atoms with Crippen molar-refractivity contribution in [1.82, 2.24) is 0 Å². The third-order valence-electron chi connectivity index (χ3n) is 2.73. The van der Waals surface area contributed by atoms with Gasteiger partial charge in [0.05, 0.1) is 7.11 Å². The van der Waals surface area contributed by atoms with Crippen molar-refractivity contribution in [3.05, 3.63) is 23.8 Å². The largest absolute Gasteiger partial charge is 0.497 e. The second-order valence-electron chi connectivity index (χ2n) is 3.72. The zero-order valence-electron chi connectivity index (χ0n) is 8.54. The van der Waals surface area contributed by atoms with Crippen LogP contribution < -0.4 is 10.5 Å². The van der Waals surface area contributed by atoms with Gasteiger partial charge in [0.25, 0.3) is 0 Å². The Morgan fingerprint density at radius 2 is 2.14 bits per heavy atom. The highest BCUT2D eigenvalue weighted by molar-refractivity contribution is 7.98. The molecule has 1 saturated carbocycles. The van der Waals surface area contributed by atoms with Crippen molar-refractivity contribution in [2.45, 2.75) is 23.3 Å². The Morgan fingerprint density at radius 3 is 2.64 bits per heavy atom. The first kappa shape index (κ1) is 9.87. The van der Waals surface area contributed by atoms with Gasteiger partial charge in [-0.2, -0.15) is 0 Å². The van der Waals surface area contributed by atoms with Crippen LogP contribution in [-0.4, -0.2) is 13.4 Å². The molecule has 2 N–H and O–H groups in total. The summed E-state index contributed by atoms with van der Waals surface area (Å²) < 4.78 is 5.19. The molecule has 0 bridgehead atoms. The molecule has 0 heterocycles. The Kier molecular flexibility index (Phi) is 2.45. The molecule has 76 valence electrons. The molecule has 0 unspecified atom stereocenters. The Bertz CT molecular complexity index is 347. The lowest BCUT2D eigenvalue weighted by Crippen LogP contribution is -2.19. The molecule has 1 aromatic carbocycles. The number of thioether (sulfide) groups is 1. The zero-order chi connectivity index (χ0) is 10.2. The van der Waals surface area contributed by atoms with E-state index in [4.69, 9.17) is 10.5 Å². The minimum atomic E-state index is -0.0510. The molecule has 1 aliphatic carbocycles. The van der Waals surface area contributed by atoms with Crippen molar-refractivity contribution in [1.29, 1.82) is 0 Å².